The summed E-state index contributed by atoms with van der Waals surface area (Å²) in [6.45, 7) is 0. The fourth-order valence-corrected chi connectivity index (χ4v) is 3.36. The van der Waals surface area contributed by atoms with Crippen molar-refractivity contribution in [3.8, 4) is 11.3 Å². The van der Waals surface area contributed by atoms with Gasteiger partial charge in [-0.05, 0) is 23.8 Å². The van der Waals surface area contributed by atoms with E-state index in [-0.39, 0.29) is 22.7 Å². The molecule has 2 heterocycles. The van der Waals surface area contributed by atoms with Crippen LogP contribution in [0.3, 0.4) is 0 Å². The van der Waals surface area contributed by atoms with Crippen molar-refractivity contribution in [2.45, 2.75) is 6.42 Å². The monoisotopic (exact) mass is 403 g/mol. The van der Waals surface area contributed by atoms with E-state index < -0.39 is 0 Å². The summed E-state index contributed by atoms with van der Waals surface area (Å²) in [7, 11) is 0. The molecule has 1 amide bonds. The molecule has 0 radical (unpaired) electrons. The van der Waals surface area contributed by atoms with Gasteiger partial charge in [0.25, 0.3) is 5.56 Å². The summed E-state index contributed by atoms with van der Waals surface area (Å²) in [6, 6.07) is 19.1. The molecule has 29 heavy (non-hydrogen) atoms. The molecule has 0 atom stereocenters. The SMILES string of the molecule is O=C(Cc1cc(=O)[nH]c(=S)[nH]1)N/N=C/c1c(-c2ccccc2)[nH]c2ccccc12. The maximum Gasteiger partial charge on any atom is 0.251 e. The van der Waals surface area contributed by atoms with Gasteiger partial charge in [-0.1, -0.05) is 48.5 Å². The normalized spacial score (nSPS) is 11.2. The lowest BCUT2D eigenvalue weighted by Gasteiger charge is -2.02. The van der Waals surface area contributed by atoms with E-state index in [4.69, 9.17) is 12.2 Å². The first-order chi connectivity index (χ1) is 14.1. The van der Waals surface area contributed by atoms with Gasteiger partial charge in [0.15, 0.2) is 4.77 Å². The molecule has 0 unspecified atom stereocenters. The Labute approximate surface area is 170 Å². The van der Waals surface area contributed by atoms with Crippen molar-refractivity contribution in [1.29, 1.82) is 0 Å². The lowest BCUT2D eigenvalue weighted by molar-refractivity contribution is -0.120. The van der Waals surface area contributed by atoms with Crippen molar-refractivity contribution >= 4 is 35.2 Å². The Hall–Kier alpha value is -3.78. The molecule has 4 rings (SSSR count). The van der Waals surface area contributed by atoms with E-state index in [1.807, 2.05) is 54.6 Å². The Balaban J connectivity index is 1.58. The molecule has 0 saturated carbocycles. The first-order valence-corrected chi connectivity index (χ1v) is 9.31. The van der Waals surface area contributed by atoms with Gasteiger partial charge >= 0.3 is 0 Å². The molecule has 4 aromatic rings. The fourth-order valence-electron chi connectivity index (χ4n) is 3.13. The van der Waals surface area contributed by atoms with E-state index >= 15 is 0 Å². The Kier molecular flexibility index (Phi) is 5.17. The van der Waals surface area contributed by atoms with Crippen molar-refractivity contribution in [2.75, 3.05) is 0 Å². The molecule has 2 aromatic carbocycles. The van der Waals surface area contributed by atoms with Crippen LogP contribution >= 0.6 is 12.2 Å². The number of aromatic amines is 3. The van der Waals surface area contributed by atoms with Crippen LogP contribution in [0.25, 0.3) is 22.2 Å². The zero-order valence-electron chi connectivity index (χ0n) is 15.2. The van der Waals surface area contributed by atoms with Crippen LogP contribution < -0.4 is 11.0 Å². The first-order valence-electron chi connectivity index (χ1n) is 8.91. The van der Waals surface area contributed by atoms with Crippen molar-refractivity contribution in [3.05, 3.63) is 87.0 Å². The highest BCUT2D eigenvalue weighted by Crippen LogP contribution is 2.28. The second-order valence-electron chi connectivity index (χ2n) is 6.41. The van der Waals surface area contributed by atoms with Crippen LogP contribution in [-0.2, 0) is 11.2 Å². The van der Waals surface area contributed by atoms with Gasteiger partial charge in [-0.25, -0.2) is 5.43 Å². The zero-order chi connectivity index (χ0) is 20.2. The number of para-hydroxylation sites is 1. The lowest BCUT2D eigenvalue weighted by atomic mass is 10.1. The summed E-state index contributed by atoms with van der Waals surface area (Å²) in [5.74, 6) is -0.362. The third kappa shape index (κ3) is 4.22. The second kappa shape index (κ2) is 8.07. The summed E-state index contributed by atoms with van der Waals surface area (Å²) >= 11 is 4.91. The van der Waals surface area contributed by atoms with Crippen LogP contribution in [0.2, 0.25) is 0 Å². The largest absolute Gasteiger partial charge is 0.354 e. The van der Waals surface area contributed by atoms with Gasteiger partial charge in [0.05, 0.1) is 18.3 Å². The van der Waals surface area contributed by atoms with E-state index in [9.17, 15) is 9.59 Å². The number of carbonyl (C=O) groups excluding carboxylic acids is 1. The highest BCUT2D eigenvalue weighted by Gasteiger charge is 2.11. The van der Waals surface area contributed by atoms with E-state index in [0.29, 0.717) is 5.69 Å². The van der Waals surface area contributed by atoms with E-state index in [1.54, 1.807) is 6.21 Å². The van der Waals surface area contributed by atoms with Crippen LogP contribution in [0.15, 0.2) is 70.6 Å². The fraction of sp³-hybridized carbons (Fsp3) is 0.0476. The summed E-state index contributed by atoms with van der Waals surface area (Å²) in [6.07, 6.45) is 1.59. The van der Waals surface area contributed by atoms with Gasteiger partial charge < -0.3 is 9.97 Å². The molecule has 0 fully saturated rings. The molecular formula is C21H17N5O2S. The van der Waals surface area contributed by atoms with Gasteiger partial charge in [-0.2, -0.15) is 5.10 Å². The van der Waals surface area contributed by atoms with Gasteiger partial charge in [-0.15, -0.1) is 0 Å². The number of H-pyrrole nitrogens is 3. The molecule has 0 spiro atoms. The van der Waals surface area contributed by atoms with E-state index in [0.717, 1.165) is 27.7 Å². The Bertz CT molecular complexity index is 1290. The molecule has 4 N–H and O–H groups in total. The number of aromatic nitrogens is 3. The molecular weight excluding hydrogens is 386 g/mol. The average molecular weight is 403 g/mol. The molecule has 0 bridgehead atoms. The van der Waals surface area contributed by atoms with Gasteiger partial charge in [-0.3, -0.25) is 14.6 Å². The van der Waals surface area contributed by atoms with Gasteiger partial charge in [0, 0.05) is 28.2 Å². The van der Waals surface area contributed by atoms with Crippen LogP contribution in [0.1, 0.15) is 11.3 Å². The molecule has 0 saturated heterocycles. The van der Waals surface area contributed by atoms with Crippen LogP contribution in [-0.4, -0.2) is 27.1 Å². The number of nitrogens with zero attached hydrogens (tertiary/aromatic N) is 1. The zero-order valence-corrected chi connectivity index (χ0v) is 16.0. The van der Waals surface area contributed by atoms with E-state index in [2.05, 4.69) is 25.5 Å². The summed E-state index contributed by atoms with van der Waals surface area (Å²) < 4.78 is 0.176. The number of hydrogen-bond donors (Lipinski definition) is 4. The number of hydrogen-bond acceptors (Lipinski definition) is 4. The predicted molar refractivity (Wildman–Crippen MR) is 115 cm³/mol. The predicted octanol–water partition coefficient (Wildman–Crippen LogP) is 3.27. The Morgan fingerprint density at radius 2 is 1.79 bits per heavy atom. The first kappa shape index (κ1) is 18.6. The molecule has 2 aromatic heterocycles. The van der Waals surface area contributed by atoms with Crippen molar-refractivity contribution in [3.63, 3.8) is 0 Å². The number of benzene rings is 2. The third-order valence-corrected chi connectivity index (χ3v) is 4.56. The number of hydrazone groups is 1. The summed E-state index contributed by atoms with van der Waals surface area (Å²) in [5.41, 5.74) is 6.37. The molecule has 7 nitrogen and oxygen atoms in total. The van der Waals surface area contributed by atoms with Crippen LogP contribution in [0.5, 0.6) is 0 Å². The highest BCUT2D eigenvalue weighted by molar-refractivity contribution is 7.71. The van der Waals surface area contributed by atoms with Crippen molar-refractivity contribution in [1.82, 2.24) is 20.4 Å². The molecule has 144 valence electrons. The summed E-state index contributed by atoms with van der Waals surface area (Å²) in [5, 5.41) is 5.12. The maximum absolute atomic E-state index is 12.2. The Morgan fingerprint density at radius 3 is 2.59 bits per heavy atom. The molecule has 8 heteroatoms. The minimum absolute atomic E-state index is 0.0374. The standard InChI is InChI=1S/C21H17N5O2S/c27-18-10-14(23-21(29)25-18)11-19(28)26-22-12-16-15-8-4-5-9-17(15)24-20(16)13-6-2-1-3-7-13/h1-10,12,24H,11H2,(H,26,28)(H2,23,25,27,29)/b22-12+. The number of nitrogens with one attached hydrogen (secondary N) is 4. The number of rotatable bonds is 5. The topological polar surface area (TPSA) is 106 Å². The number of fused-ring (bicyclic) bond motifs is 1. The van der Waals surface area contributed by atoms with Crippen LogP contribution in [0, 0.1) is 4.77 Å². The van der Waals surface area contributed by atoms with Crippen LogP contribution in [0.4, 0.5) is 0 Å². The highest BCUT2D eigenvalue weighted by atomic mass is 32.1. The molecule has 0 aliphatic heterocycles. The average Bonchev–Trinajstić information content (AvgIpc) is 3.07. The van der Waals surface area contributed by atoms with Gasteiger partial charge in [0.1, 0.15) is 0 Å². The summed E-state index contributed by atoms with van der Waals surface area (Å²) in [4.78, 5) is 32.2. The second-order valence-corrected chi connectivity index (χ2v) is 6.82. The third-order valence-electron chi connectivity index (χ3n) is 4.36. The lowest BCUT2D eigenvalue weighted by Crippen LogP contribution is -2.21. The number of amides is 1. The minimum Gasteiger partial charge on any atom is -0.354 e. The molecule has 0 aliphatic rings. The maximum atomic E-state index is 12.2. The smallest absolute Gasteiger partial charge is 0.251 e. The van der Waals surface area contributed by atoms with E-state index in [1.165, 1.54) is 6.07 Å². The minimum atomic E-state index is -0.362. The number of carbonyl (C=O) groups is 1. The van der Waals surface area contributed by atoms with Gasteiger partial charge in [0.2, 0.25) is 5.91 Å². The Morgan fingerprint density at radius 1 is 1.03 bits per heavy atom. The molecule has 0 aliphatic carbocycles. The van der Waals surface area contributed by atoms with Crippen molar-refractivity contribution < 1.29 is 4.79 Å². The quantitative estimate of drug-likeness (QED) is 0.233. The van der Waals surface area contributed by atoms with Crippen molar-refractivity contribution in [2.24, 2.45) is 5.10 Å².